The first-order valence-corrected chi connectivity index (χ1v) is 13.9. The molecule has 28 heavy (non-hydrogen) atoms. The molecule has 4 rings (SSSR count). The van der Waals surface area contributed by atoms with Gasteiger partial charge in [-0.3, -0.25) is 9.59 Å². The molecule has 1 amide bonds. The van der Waals surface area contributed by atoms with Crippen LogP contribution in [-0.4, -0.2) is 36.0 Å². The minimum absolute atomic E-state index is 0.0377. The number of hydrogen-bond acceptors (Lipinski definition) is 2. The fourth-order valence-corrected chi connectivity index (χ4v) is 7.82. The number of ketones is 1. The van der Waals surface area contributed by atoms with E-state index >= 15 is 0 Å². The third-order valence-corrected chi connectivity index (χ3v) is 9.19. The van der Waals surface area contributed by atoms with Gasteiger partial charge in [0.1, 0.15) is 5.75 Å². The Morgan fingerprint density at radius 2 is 1.50 bits per heavy atom. The van der Waals surface area contributed by atoms with E-state index in [1.165, 1.54) is 70.6 Å². The Morgan fingerprint density at radius 1 is 0.929 bits per heavy atom. The summed E-state index contributed by atoms with van der Waals surface area (Å²) in [6.07, 6.45) is 18.0. The molecule has 0 saturated heterocycles. The first-order valence-electron chi connectivity index (χ1n) is 11.9. The highest BCUT2D eigenvalue weighted by Gasteiger charge is 2.55. The fourth-order valence-electron chi connectivity index (χ4n) is 6.39. The van der Waals surface area contributed by atoms with E-state index in [9.17, 15) is 9.59 Å². The van der Waals surface area contributed by atoms with Crippen LogP contribution in [0, 0.1) is 23.2 Å². The normalized spacial score (nSPS) is 31.7. The summed E-state index contributed by atoms with van der Waals surface area (Å²) in [7, 11) is 0.0434. The van der Waals surface area contributed by atoms with Crippen molar-refractivity contribution in [2.24, 2.45) is 23.2 Å². The highest BCUT2D eigenvalue weighted by atomic mass is 32.2. The summed E-state index contributed by atoms with van der Waals surface area (Å²) in [6, 6.07) is 0. The average Bonchev–Trinajstić information content (AvgIpc) is 2.64. The van der Waals surface area contributed by atoms with Gasteiger partial charge in [0.15, 0.2) is 11.5 Å². The average molecular weight is 409 g/mol. The zero-order chi connectivity index (χ0) is 20.0. The molecular formula is C24H42NO2S+. The topological polar surface area (TPSA) is 46.2 Å². The summed E-state index contributed by atoms with van der Waals surface area (Å²) < 4.78 is 0. The smallest absolute Gasteiger partial charge is 0.224 e. The van der Waals surface area contributed by atoms with E-state index in [-0.39, 0.29) is 22.2 Å². The van der Waals surface area contributed by atoms with Crippen LogP contribution in [0.15, 0.2) is 0 Å². The number of hydrogen-bond donors (Lipinski definition) is 1. The summed E-state index contributed by atoms with van der Waals surface area (Å²) in [6.45, 7) is 3.05. The fraction of sp³-hybridized carbons (Fsp3) is 0.917. The van der Waals surface area contributed by atoms with Crippen molar-refractivity contribution in [1.29, 1.82) is 0 Å². The molecule has 4 aliphatic rings. The predicted octanol–water partition coefficient (Wildman–Crippen LogP) is 4.89. The van der Waals surface area contributed by atoms with Gasteiger partial charge in [-0.25, -0.2) is 0 Å². The van der Waals surface area contributed by atoms with Gasteiger partial charge in [-0.05, 0) is 73.6 Å². The van der Waals surface area contributed by atoms with E-state index in [4.69, 9.17) is 0 Å². The Labute approximate surface area is 175 Å². The van der Waals surface area contributed by atoms with Gasteiger partial charge < -0.3 is 5.32 Å². The van der Waals surface area contributed by atoms with Crippen LogP contribution < -0.4 is 5.32 Å². The summed E-state index contributed by atoms with van der Waals surface area (Å²) >= 11 is 0. The second kappa shape index (κ2) is 10.5. The molecule has 4 aliphatic carbocycles. The Morgan fingerprint density at radius 3 is 2.11 bits per heavy atom. The zero-order valence-electron chi connectivity index (χ0n) is 18.3. The largest absolute Gasteiger partial charge is 0.356 e. The Balaban J connectivity index is 1.29. The maximum absolute atomic E-state index is 13.2. The van der Waals surface area contributed by atoms with Crippen molar-refractivity contribution in [3.63, 3.8) is 0 Å². The lowest BCUT2D eigenvalue weighted by molar-refractivity contribution is -0.141. The van der Waals surface area contributed by atoms with Gasteiger partial charge in [-0.2, -0.15) is 0 Å². The highest BCUT2D eigenvalue weighted by Crippen LogP contribution is 2.60. The Hall–Kier alpha value is -0.510. The molecule has 1 N–H and O–H groups in total. The van der Waals surface area contributed by atoms with Gasteiger partial charge >= 0.3 is 0 Å². The number of carbonyl (C=O) groups excluding carboxylic acids is 2. The van der Waals surface area contributed by atoms with Crippen LogP contribution >= 0.6 is 0 Å². The van der Waals surface area contributed by atoms with Crippen molar-refractivity contribution in [3.05, 3.63) is 0 Å². The lowest BCUT2D eigenvalue weighted by Crippen LogP contribution is -2.51. The number of nitrogens with one attached hydrogen (secondary N) is 1. The van der Waals surface area contributed by atoms with Gasteiger partial charge in [-0.1, -0.05) is 39.0 Å². The molecule has 0 spiro atoms. The molecular weight excluding hydrogens is 366 g/mol. The monoisotopic (exact) mass is 408 g/mol. The molecule has 0 heterocycles. The molecule has 0 radical (unpaired) electrons. The van der Waals surface area contributed by atoms with Crippen LogP contribution in [-0.2, 0) is 20.5 Å². The van der Waals surface area contributed by atoms with Gasteiger partial charge in [0.05, 0.1) is 12.7 Å². The minimum atomic E-state index is 0.0377. The number of amides is 1. The van der Waals surface area contributed by atoms with E-state index in [2.05, 4.69) is 18.5 Å². The van der Waals surface area contributed by atoms with Crippen LogP contribution in [0.25, 0.3) is 0 Å². The molecule has 0 aromatic heterocycles. The summed E-state index contributed by atoms with van der Waals surface area (Å²) in [5, 5.41) is 3.07. The summed E-state index contributed by atoms with van der Waals surface area (Å²) in [4.78, 5) is 25.3. The second-order valence-electron chi connectivity index (χ2n) is 10.1. The minimum Gasteiger partial charge on any atom is -0.356 e. The van der Waals surface area contributed by atoms with E-state index in [1.54, 1.807) is 0 Å². The zero-order valence-corrected chi connectivity index (χ0v) is 19.1. The van der Waals surface area contributed by atoms with Crippen molar-refractivity contribution in [2.75, 3.05) is 24.3 Å². The van der Waals surface area contributed by atoms with E-state index in [0.717, 1.165) is 42.2 Å². The van der Waals surface area contributed by atoms with Crippen LogP contribution in [0.3, 0.4) is 0 Å². The Bertz CT molecular complexity index is 497. The molecule has 1 unspecified atom stereocenters. The van der Waals surface area contributed by atoms with Crippen LogP contribution in [0.5, 0.6) is 0 Å². The van der Waals surface area contributed by atoms with Crippen molar-refractivity contribution in [2.45, 2.75) is 90.4 Å². The SMILES string of the molecule is CCCCCCCCNC(=O)CC[S+](C)CC(=O)C12CC3CC(CC(C3)C1)C2. The van der Waals surface area contributed by atoms with Crippen LogP contribution in [0.2, 0.25) is 0 Å². The molecule has 4 bridgehead atoms. The number of Topliss-reactive ketones (excluding diaryl/α,β-unsaturated/α-hetero) is 1. The number of carbonyl (C=O) groups is 2. The van der Waals surface area contributed by atoms with E-state index in [1.807, 2.05) is 0 Å². The third-order valence-electron chi connectivity index (χ3n) is 7.54. The van der Waals surface area contributed by atoms with E-state index in [0.29, 0.717) is 12.2 Å². The van der Waals surface area contributed by atoms with Gasteiger partial charge in [0.25, 0.3) is 0 Å². The van der Waals surface area contributed by atoms with Gasteiger partial charge in [0, 0.05) is 12.0 Å². The van der Waals surface area contributed by atoms with E-state index < -0.39 is 0 Å². The number of rotatable bonds is 13. The molecule has 0 aliphatic heterocycles. The van der Waals surface area contributed by atoms with Crippen molar-refractivity contribution in [3.8, 4) is 0 Å². The molecule has 0 aromatic carbocycles. The van der Waals surface area contributed by atoms with Crippen molar-refractivity contribution in [1.82, 2.24) is 5.32 Å². The van der Waals surface area contributed by atoms with Crippen molar-refractivity contribution < 1.29 is 9.59 Å². The molecule has 0 aromatic rings. The molecule has 3 nitrogen and oxygen atoms in total. The van der Waals surface area contributed by atoms with Crippen LogP contribution in [0.4, 0.5) is 0 Å². The number of unbranched alkanes of at least 4 members (excludes halogenated alkanes) is 5. The highest BCUT2D eigenvalue weighted by molar-refractivity contribution is 7.96. The van der Waals surface area contributed by atoms with Gasteiger partial charge in [-0.15, -0.1) is 0 Å². The Kier molecular flexibility index (Phi) is 8.32. The first-order chi connectivity index (χ1) is 13.5. The molecule has 4 saturated carbocycles. The van der Waals surface area contributed by atoms with Crippen LogP contribution in [0.1, 0.15) is 90.4 Å². The molecule has 4 fully saturated rings. The maximum Gasteiger partial charge on any atom is 0.224 e. The summed E-state index contributed by atoms with van der Waals surface area (Å²) in [5.41, 5.74) is 0.0377. The molecule has 4 heteroatoms. The standard InChI is InChI=1S/C24H41NO2S/c1-3-4-5-6-7-8-10-25-23(27)9-11-28(2)18-22(26)24-15-19-12-20(16-24)14-21(13-19)17-24/h19-21H,3-18H2,1-2H3/p+1. The summed E-state index contributed by atoms with van der Waals surface area (Å²) in [5.74, 6) is 4.82. The lowest BCUT2D eigenvalue weighted by atomic mass is 9.48. The molecule has 160 valence electrons. The third kappa shape index (κ3) is 6.00. The van der Waals surface area contributed by atoms with Gasteiger partial charge in [0.2, 0.25) is 5.91 Å². The first kappa shape index (κ1) is 22.2. The maximum atomic E-state index is 13.2. The molecule has 1 atom stereocenters. The second-order valence-corrected chi connectivity index (χ2v) is 12.4. The quantitative estimate of drug-likeness (QED) is 0.348. The lowest BCUT2D eigenvalue weighted by Gasteiger charge is -2.55. The van der Waals surface area contributed by atoms with Crippen molar-refractivity contribution >= 4 is 22.6 Å². The predicted molar refractivity (Wildman–Crippen MR) is 120 cm³/mol.